The Morgan fingerprint density at radius 3 is 2.33 bits per heavy atom. The van der Waals surface area contributed by atoms with Crippen molar-refractivity contribution >= 4 is 21.8 Å². The number of urea groups is 1. The van der Waals surface area contributed by atoms with Crippen molar-refractivity contribution in [3.63, 3.8) is 0 Å². The molecule has 2 aliphatic rings. The van der Waals surface area contributed by atoms with Gasteiger partial charge in [0.1, 0.15) is 5.75 Å². The largest absolute Gasteiger partial charge is 0.493 e. The van der Waals surface area contributed by atoms with Gasteiger partial charge >= 0.3 is 6.03 Å². The summed E-state index contributed by atoms with van der Waals surface area (Å²) in [6.45, 7) is 2.86. The first kappa shape index (κ1) is 19.5. The number of nitrogens with zero attached hydrogens (tertiary/aromatic N) is 3. The van der Waals surface area contributed by atoms with Gasteiger partial charge in [-0.05, 0) is 19.1 Å². The number of hydrogen-bond donors (Lipinski definition) is 0. The van der Waals surface area contributed by atoms with E-state index in [1.54, 1.807) is 48.2 Å². The lowest BCUT2D eigenvalue weighted by Crippen LogP contribution is -2.63. The van der Waals surface area contributed by atoms with E-state index >= 15 is 0 Å². The Morgan fingerprint density at radius 1 is 1.11 bits per heavy atom. The van der Waals surface area contributed by atoms with Crippen LogP contribution in [0.5, 0.6) is 5.75 Å². The fourth-order valence-electron chi connectivity index (χ4n) is 3.78. The summed E-state index contributed by atoms with van der Waals surface area (Å²) >= 11 is 0. The van der Waals surface area contributed by atoms with Gasteiger partial charge < -0.3 is 19.4 Å². The minimum absolute atomic E-state index is 0.117. The van der Waals surface area contributed by atoms with Crippen molar-refractivity contribution in [2.45, 2.75) is 19.0 Å². The molecule has 0 saturated carbocycles. The predicted molar refractivity (Wildman–Crippen MR) is 101 cm³/mol. The number of fused-ring (bicyclic) bond motifs is 1. The monoisotopic (exact) mass is 395 g/mol. The topological polar surface area (TPSA) is 87.2 Å². The van der Waals surface area contributed by atoms with Gasteiger partial charge in [-0.25, -0.2) is 13.2 Å². The summed E-state index contributed by atoms with van der Waals surface area (Å²) in [5.41, 5.74) is 0.412. The summed E-state index contributed by atoms with van der Waals surface area (Å²) in [4.78, 5) is 30.3. The third-order valence-corrected chi connectivity index (χ3v) is 6.68. The van der Waals surface area contributed by atoms with Crippen molar-refractivity contribution in [1.29, 1.82) is 0 Å². The van der Waals surface area contributed by atoms with E-state index in [0.717, 1.165) is 0 Å². The molecule has 27 heavy (non-hydrogen) atoms. The molecule has 8 nitrogen and oxygen atoms in total. The van der Waals surface area contributed by atoms with Crippen molar-refractivity contribution in [3.05, 3.63) is 29.8 Å². The third-order valence-electron chi connectivity index (χ3n) is 4.98. The molecule has 0 unspecified atom stereocenters. The molecular formula is C18H25N3O5S. The summed E-state index contributed by atoms with van der Waals surface area (Å²) in [5, 5.41) is 0. The molecule has 3 rings (SSSR count). The maximum absolute atomic E-state index is 13.2. The summed E-state index contributed by atoms with van der Waals surface area (Å²) in [6.07, 6.45) is 0. The van der Waals surface area contributed by atoms with Crippen molar-refractivity contribution in [1.82, 2.24) is 14.7 Å². The molecular weight excluding hydrogens is 370 g/mol. The Labute approximate surface area is 159 Å². The number of hydrogen-bond acceptors (Lipinski definition) is 5. The van der Waals surface area contributed by atoms with Crippen molar-refractivity contribution in [2.24, 2.45) is 0 Å². The SMILES string of the molecule is CCOc1ccccc1C(=O)N1CCN(C(=O)N(C)C)[C@H]2CS(=O)(=O)C[C@H]21. The molecule has 148 valence electrons. The first-order valence-corrected chi connectivity index (χ1v) is 10.8. The Balaban J connectivity index is 1.92. The minimum atomic E-state index is -3.33. The molecule has 9 heteroatoms. The molecule has 0 bridgehead atoms. The Hall–Kier alpha value is -2.29. The molecule has 2 fully saturated rings. The first-order chi connectivity index (χ1) is 12.7. The zero-order chi connectivity index (χ0) is 19.8. The van der Waals surface area contributed by atoms with E-state index in [-0.39, 0.29) is 30.0 Å². The normalized spacial score (nSPS) is 23.7. The van der Waals surface area contributed by atoms with Crippen LogP contribution in [0.1, 0.15) is 17.3 Å². The fraction of sp³-hybridized carbons (Fsp3) is 0.556. The average molecular weight is 395 g/mol. The second-order valence-corrected chi connectivity index (χ2v) is 9.16. The first-order valence-electron chi connectivity index (χ1n) is 8.96. The molecule has 0 aromatic heterocycles. The van der Waals surface area contributed by atoms with Gasteiger partial charge in [-0.2, -0.15) is 0 Å². The van der Waals surface area contributed by atoms with Crippen LogP contribution in [-0.4, -0.2) is 92.4 Å². The van der Waals surface area contributed by atoms with Crippen LogP contribution < -0.4 is 4.74 Å². The lowest BCUT2D eigenvalue weighted by Gasteiger charge is -2.44. The highest BCUT2D eigenvalue weighted by atomic mass is 32.2. The molecule has 1 aromatic carbocycles. The molecule has 0 N–H and O–H groups in total. The van der Waals surface area contributed by atoms with Crippen LogP contribution in [0.15, 0.2) is 24.3 Å². The maximum atomic E-state index is 13.2. The van der Waals surface area contributed by atoms with Crippen LogP contribution in [0.2, 0.25) is 0 Å². The average Bonchev–Trinajstić information content (AvgIpc) is 2.95. The van der Waals surface area contributed by atoms with Gasteiger partial charge in [0.25, 0.3) is 5.91 Å². The molecule has 1 aromatic rings. The van der Waals surface area contributed by atoms with E-state index in [1.807, 2.05) is 6.92 Å². The second-order valence-electron chi connectivity index (χ2n) is 7.01. The van der Waals surface area contributed by atoms with Crippen LogP contribution in [0.3, 0.4) is 0 Å². The standard InChI is InChI=1S/C18H25N3O5S/c1-4-26-16-8-6-5-7-13(16)17(22)20-9-10-21(18(23)19(2)3)15-12-27(24,25)11-14(15)20/h5-8,14-15H,4,9-12H2,1-3H3/t14-,15+/m1/s1. The van der Waals surface area contributed by atoms with Gasteiger partial charge in [0, 0.05) is 27.2 Å². The van der Waals surface area contributed by atoms with Crippen LogP contribution in [-0.2, 0) is 9.84 Å². The number of ether oxygens (including phenoxy) is 1. The minimum Gasteiger partial charge on any atom is -0.493 e. The quantitative estimate of drug-likeness (QED) is 0.752. The zero-order valence-electron chi connectivity index (χ0n) is 15.8. The number of sulfone groups is 1. The number of para-hydroxylation sites is 1. The summed E-state index contributed by atoms with van der Waals surface area (Å²) in [6, 6.07) is 5.65. The highest BCUT2D eigenvalue weighted by Gasteiger charge is 2.50. The highest BCUT2D eigenvalue weighted by Crippen LogP contribution is 2.30. The molecule has 3 amide bonds. The summed E-state index contributed by atoms with van der Waals surface area (Å²) in [5.74, 6) is -0.0248. The van der Waals surface area contributed by atoms with E-state index in [4.69, 9.17) is 4.74 Å². The maximum Gasteiger partial charge on any atom is 0.319 e. The molecule has 0 aliphatic carbocycles. The third kappa shape index (κ3) is 3.73. The van der Waals surface area contributed by atoms with E-state index in [9.17, 15) is 18.0 Å². The number of carbonyl (C=O) groups is 2. The van der Waals surface area contributed by atoms with Gasteiger partial charge in [0.2, 0.25) is 0 Å². The molecule has 2 atom stereocenters. The van der Waals surface area contributed by atoms with E-state index in [0.29, 0.717) is 24.5 Å². The number of carbonyl (C=O) groups excluding carboxylic acids is 2. The Morgan fingerprint density at radius 2 is 1.70 bits per heavy atom. The van der Waals surface area contributed by atoms with Gasteiger partial charge in [0.05, 0.1) is 35.8 Å². The lowest BCUT2D eigenvalue weighted by molar-refractivity contribution is 0.0390. The van der Waals surface area contributed by atoms with Crippen LogP contribution in [0.4, 0.5) is 4.79 Å². The molecule has 2 saturated heterocycles. The van der Waals surface area contributed by atoms with Crippen molar-refractivity contribution in [2.75, 3.05) is 45.3 Å². The van der Waals surface area contributed by atoms with E-state index in [2.05, 4.69) is 0 Å². The predicted octanol–water partition coefficient (Wildman–Crippen LogP) is 0.690. The summed E-state index contributed by atoms with van der Waals surface area (Å²) in [7, 11) is -0.0564. The molecule has 2 heterocycles. The van der Waals surface area contributed by atoms with E-state index < -0.39 is 21.9 Å². The van der Waals surface area contributed by atoms with Gasteiger partial charge in [0.15, 0.2) is 9.84 Å². The van der Waals surface area contributed by atoms with E-state index in [1.165, 1.54) is 4.90 Å². The lowest BCUT2D eigenvalue weighted by atomic mass is 10.0. The number of rotatable bonds is 3. The smallest absolute Gasteiger partial charge is 0.319 e. The molecule has 0 radical (unpaired) electrons. The fourth-order valence-corrected chi connectivity index (χ4v) is 5.76. The number of piperazine rings is 1. The van der Waals surface area contributed by atoms with Crippen LogP contribution >= 0.6 is 0 Å². The molecule has 0 spiro atoms. The van der Waals surface area contributed by atoms with Gasteiger partial charge in [-0.3, -0.25) is 4.79 Å². The highest BCUT2D eigenvalue weighted by molar-refractivity contribution is 7.91. The van der Waals surface area contributed by atoms with Crippen LogP contribution in [0.25, 0.3) is 0 Å². The molecule has 2 aliphatic heterocycles. The second kappa shape index (κ2) is 7.38. The Kier molecular flexibility index (Phi) is 5.32. The van der Waals surface area contributed by atoms with Gasteiger partial charge in [-0.15, -0.1) is 0 Å². The number of benzene rings is 1. The van der Waals surface area contributed by atoms with Crippen molar-refractivity contribution < 1.29 is 22.7 Å². The zero-order valence-corrected chi connectivity index (χ0v) is 16.6. The van der Waals surface area contributed by atoms with Crippen LogP contribution in [0, 0.1) is 0 Å². The Bertz CT molecular complexity index is 839. The van der Waals surface area contributed by atoms with Gasteiger partial charge in [-0.1, -0.05) is 12.1 Å². The summed E-state index contributed by atoms with van der Waals surface area (Å²) < 4.78 is 30.1. The number of amides is 3. The van der Waals surface area contributed by atoms with Crippen molar-refractivity contribution in [3.8, 4) is 5.75 Å².